The molecule has 0 saturated carbocycles. The van der Waals surface area contributed by atoms with E-state index in [0.29, 0.717) is 12.1 Å². The Kier molecular flexibility index (Phi) is 4.94. The zero-order valence-electron chi connectivity index (χ0n) is 12.7. The van der Waals surface area contributed by atoms with Crippen molar-refractivity contribution < 1.29 is 22.7 Å². The van der Waals surface area contributed by atoms with E-state index in [0.717, 1.165) is 16.0 Å². The standard InChI is InChI=1S/C15H18F3NO2S/c1-19-12(15(16,17)18)5-4-10-6-9(8-13(20)21-2)7-11(22-3)14(10)19/h6-7,12H,4-5,8H2,1-3H3. The van der Waals surface area contributed by atoms with Gasteiger partial charge in [0.15, 0.2) is 0 Å². The molecule has 2 rings (SSSR count). The lowest BCUT2D eigenvalue weighted by atomic mass is 9.93. The molecular formula is C15H18F3NO2S. The Balaban J connectivity index is 2.41. The lowest BCUT2D eigenvalue weighted by Gasteiger charge is -2.38. The number of hydrogen-bond acceptors (Lipinski definition) is 4. The maximum atomic E-state index is 13.1. The lowest BCUT2D eigenvalue weighted by Crippen LogP contribution is -2.46. The van der Waals surface area contributed by atoms with Gasteiger partial charge in [0.05, 0.1) is 19.2 Å². The Labute approximate surface area is 131 Å². The number of thioether (sulfide) groups is 1. The topological polar surface area (TPSA) is 29.5 Å². The van der Waals surface area contributed by atoms with E-state index in [1.807, 2.05) is 12.3 Å². The Morgan fingerprint density at radius 1 is 1.45 bits per heavy atom. The molecule has 0 radical (unpaired) electrons. The van der Waals surface area contributed by atoms with Crippen LogP contribution < -0.4 is 4.90 Å². The summed E-state index contributed by atoms with van der Waals surface area (Å²) in [6.07, 6.45) is -1.91. The Hall–Kier alpha value is -1.37. The summed E-state index contributed by atoms with van der Waals surface area (Å²) in [6.45, 7) is 0. The molecular weight excluding hydrogens is 315 g/mol. The van der Waals surface area contributed by atoms with Crippen molar-refractivity contribution in [3.05, 3.63) is 23.3 Å². The van der Waals surface area contributed by atoms with Crippen LogP contribution in [0.25, 0.3) is 0 Å². The number of nitrogens with zero attached hydrogens (tertiary/aromatic N) is 1. The van der Waals surface area contributed by atoms with Crippen LogP contribution in [0.5, 0.6) is 0 Å². The van der Waals surface area contributed by atoms with Crippen molar-refractivity contribution in [1.82, 2.24) is 0 Å². The first kappa shape index (κ1) is 17.0. The van der Waals surface area contributed by atoms with E-state index in [2.05, 4.69) is 4.74 Å². The maximum absolute atomic E-state index is 13.1. The predicted molar refractivity (Wildman–Crippen MR) is 80.5 cm³/mol. The number of rotatable bonds is 3. The molecule has 1 heterocycles. The number of ether oxygens (including phenoxy) is 1. The van der Waals surface area contributed by atoms with E-state index in [9.17, 15) is 18.0 Å². The number of methoxy groups -OCH3 is 1. The molecule has 0 aliphatic carbocycles. The average Bonchev–Trinajstić information content (AvgIpc) is 2.45. The molecule has 1 aliphatic heterocycles. The fourth-order valence-corrected chi connectivity index (χ4v) is 3.58. The van der Waals surface area contributed by atoms with E-state index in [1.54, 1.807) is 6.07 Å². The lowest BCUT2D eigenvalue weighted by molar-refractivity contribution is -0.150. The minimum Gasteiger partial charge on any atom is -0.469 e. The summed E-state index contributed by atoms with van der Waals surface area (Å²) in [6, 6.07) is 2.13. The molecule has 0 saturated heterocycles. The van der Waals surface area contributed by atoms with Crippen LogP contribution in [0.15, 0.2) is 17.0 Å². The highest BCUT2D eigenvalue weighted by atomic mass is 32.2. The van der Waals surface area contributed by atoms with E-state index in [1.165, 1.54) is 30.8 Å². The Bertz CT molecular complexity index is 557. The molecule has 22 heavy (non-hydrogen) atoms. The third-order valence-electron chi connectivity index (χ3n) is 3.89. The number of carbonyl (C=O) groups excluding carboxylic acids is 1. The number of fused-ring (bicyclic) bond motifs is 1. The average molecular weight is 333 g/mol. The summed E-state index contributed by atoms with van der Waals surface area (Å²) in [5.74, 6) is -0.357. The molecule has 0 bridgehead atoms. The fraction of sp³-hybridized carbons (Fsp3) is 0.533. The maximum Gasteiger partial charge on any atom is 0.408 e. The van der Waals surface area contributed by atoms with Gasteiger partial charge in [-0.25, -0.2) is 0 Å². The number of benzene rings is 1. The first-order valence-electron chi connectivity index (χ1n) is 6.84. The smallest absolute Gasteiger partial charge is 0.408 e. The van der Waals surface area contributed by atoms with Crippen LogP contribution >= 0.6 is 11.8 Å². The number of carbonyl (C=O) groups is 1. The van der Waals surface area contributed by atoms with Gasteiger partial charge in [-0.15, -0.1) is 11.8 Å². The highest BCUT2D eigenvalue weighted by molar-refractivity contribution is 7.98. The molecule has 122 valence electrons. The number of aryl methyl sites for hydroxylation is 1. The molecule has 0 spiro atoms. The zero-order chi connectivity index (χ0) is 16.5. The summed E-state index contributed by atoms with van der Waals surface area (Å²) < 4.78 is 44.0. The minimum absolute atomic E-state index is 0.0303. The molecule has 3 nitrogen and oxygen atoms in total. The molecule has 7 heteroatoms. The highest BCUT2D eigenvalue weighted by Gasteiger charge is 2.45. The van der Waals surface area contributed by atoms with Crippen LogP contribution in [0, 0.1) is 0 Å². The van der Waals surface area contributed by atoms with E-state index >= 15 is 0 Å². The van der Waals surface area contributed by atoms with Gasteiger partial charge in [0, 0.05) is 11.9 Å². The summed E-state index contributed by atoms with van der Waals surface area (Å²) in [4.78, 5) is 13.5. The van der Waals surface area contributed by atoms with Crippen LogP contribution in [-0.2, 0) is 22.4 Å². The van der Waals surface area contributed by atoms with Crippen LogP contribution in [0.2, 0.25) is 0 Å². The molecule has 1 aromatic carbocycles. The van der Waals surface area contributed by atoms with Crippen LogP contribution in [0.1, 0.15) is 17.5 Å². The van der Waals surface area contributed by atoms with Gasteiger partial charge in [-0.1, -0.05) is 6.07 Å². The quantitative estimate of drug-likeness (QED) is 0.626. The summed E-state index contributed by atoms with van der Waals surface area (Å²) in [7, 11) is 2.80. The summed E-state index contributed by atoms with van der Waals surface area (Å²) in [5, 5.41) is 0. The van der Waals surface area contributed by atoms with Gasteiger partial charge in [-0.3, -0.25) is 4.79 Å². The van der Waals surface area contributed by atoms with Crippen LogP contribution in [0.4, 0.5) is 18.9 Å². The van der Waals surface area contributed by atoms with Crippen molar-refractivity contribution in [1.29, 1.82) is 0 Å². The molecule has 1 aromatic rings. The number of hydrogen-bond donors (Lipinski definition) is 0. The van der Waals surface area contributed by atoms with E-state index in [-0.39, 0.29) is 18.8 Å². The van der Waals surface area contributed by atoms with Crippen molar-refractivity contribution in [3.8, 4) is 0 Å². The SMILES string of the molecule is COC(=O)Cc1cc2c(c(SC)c1)N(C)C(C(F)(F)F)CC2. The number of halogens is 3. The largest absolute Gasteiger partial charge is 0.469 e. The second-order valence-electron chi connectivity index (χ2n) is 5.27. The highest BCUT2D eigenvalue weighted by Crippen LogP contribution is 2.42. The van der Waals surface area contributed by atoms with Gasteiger partial charge < -0.3 is 9.64 Å². The first-order valence-corrected chi connectivity index (χ1v) is 8.06. The Morgan fingerprint density at radius 3 is 2.68 bits per heavy atom. The van der Waals surface area contributed by atoms with Crippen molar-refractivity contribution in [2.75, 3.05) is 25.3 Å². The van der Waals surface area contributed by atoms with Crippen LogP contribution in [-0.4, -0.2) is 38.6 Å². The third-order valence-corrected chi connectivity index (χ3v) is 4.65. The van der Waals surface area contributed by atoms with Gasteiger partial charge in [-0.05, 0) is 36.3 Å². The second kappa shape index (κ2) is 6.40. The molecule has 1 unspecified atom stereocenters. The number of esters is 1. The van der Waals surface area contributed by atoms with Gasteiger partial charge >= 0.3 is 12.1 Å². The molecule has 0 aromatic heterocycles. The van der Waals surface area contributed by atoms with E-state index in [4.69, 9.17) is 0 Å². The van der Waals surface area contributed by atoms with Gasteiger partial charge in [0.1, 0.15) is 6.04 Å². The molecule has 0 amide bonds. The molecule has 0 N–H and O–H groups in total. The van der Waals surface area contributed by atoms with Crippen molar-refractivity contribution >= 4 is 23.4 Å². The van der Waals surface area contributed by atoms with Gasteiger partial charge in [-0.2, -0.15) is 13.2 Å². The predicted octanol–water partition coefficient (Wildman–Crippen LogP) is 3.44. The van der Waals surface area contributed by atoms with Crippen molar-refractivity contribution in [3.63, 3.8) is 0 Å². The monoisotopic (exact) mass is 333 g/mol. The number of anilines is 1. The molecule has 0 fully saturated rings. The third kappa shape index (κ3) is 3.34. The number of alkyl halides is 3. The van der Waals surface area contributed by atoms with Gasteiger partial charge in [0.2, 0.25) is 0 Å². The normalized spacial score (nSPS) is 18.1. The van der Waals surface area contributed by atoms with Crippen LogP contribution in [0.3, 0.4) is 0 Å². The minimum atomic E-state index is -4.24. The molecule has 1 aliphatic rings. The zero-order valence-corrected chi connectivity index (χ0v) is 13.5. The van der Waals surface area contributed by atoms with Crippen molar-refractivity contribution in [2.45, 2.75) is 36.4 Å². The van der Waals surface area contributed by atoms with Gasteiger partial charge in [0.25, 0.3) is 0 Å². The van der Waals surface area contributed by atoms with E-state index < -0.39 is 12.2 Å². The summed E-state index contributed by atoms with van der Waals surface area (Å²) >= 11 is 1.39. The Morgan fingerprint density at radius 2 is 2.14 bits per heavy atom. The fourth-order valence-electron chi connectivity index (χ4n) is 2.84. The van der Waals surface area contributed by atoms with Crippen molar-refractivity contribution in [2.24, 2.45) is 0 Å². The second-order valence-corrected chi connectivity index (χ2v) is 6.11. The molecule has 1 atom stereocenters. The first-order chi connectivity index (χ1) is 10.3. The summed E-state index contributed by atoms with van der Waals surface area (Å²) in [5.41, 5.74) is 2.25.